The third-order valence-corrected chi connectivity index (χ3v) is 7.12. The molecule has 4 unspecified atom stereocenters. The van der Waals surface area contributed by atoms with Crippen molar-refractivity contribution in [1.82, 2.24) is 0 Å². The average molecular weight is 332 g/mol. The van der Waals surface area contributed by atoms with Crippen LogP contribution in [0.1, 0.15) is 54.3 Å². The van der Waals surface area contributed by atoms with Crippen molar-refractivity contribution in [3.63, 3.8) is 0 Å². The summed E-state index contributed by atoms with van der Waals surface area (Å²) >= 11 is 1.35. The third-order valence-electron chi connectivity index (χ3n) is 5.70. The molecule has 4 rings (SSSR count). The lowest BCUT2D eigenvalue weighted by Crippen LogP contribution is -2.33. The van der Waals surface area contributed by atoms with E-state index in [0.717, 1.165) is 24.1 Å². The van der Waals surface area contributed by atoms with E-state index in [1.165, 1.54) is 16.2 Å². The second-order valence-electron chi connectivity index (χ2n) is 7.28. The zero-order valence-corrected chi connectivity index (χ0v) is 14.1. The van der Waals surface area contributed by atoms with Crippen molar-refractivity contribution in [2.75, 3.05) is 4.90 Å². The molecule has 1 aromatic rings. The molecular weight excluding hydrogens is 312 g/mol. The van der Waals surface area contributed by atoms with Crippen LogP contribution in [0.25, 0.3) is 0 Å². The van der Waals surface area contributed by atoms with Gasteiger partial charge in [-0.2, -0.15) is 0 Å². The van der Waals surface area contributed by atoms with E-state index < -0.39 is 5.91 Å². The van der Waals surface area contributed by atoms with Crippen molar-refractivity contribution in [3.8, 4) is 0 Å². The average Bonchev–Trinajstić information content (AvgIpc) is 3.21. The van der Waals surface area contributed by atoms with Crippen molar-refractivity contribution in [2.45, 2.75) is 39.0 Å². The monoisotopic (exact) mass is 332 g/mol. The highest BCUT2D eigenvalue weighted by atomic mass is 32.1. The van der Waals surface area contributed by atoms with Gasteiger partial charge in [-0.3, -0.25) is 14.4 Å². The number of primary amides is 1. The first-order valence-electron chi connectivity index (χ1n) is 8.21. The lowest BCUT2D eigenvalue weighted by molar-refractivity contribution is -0.123. The first kappa shape index (κ1) is 14.9. The van der Waals surface area contributed by atoms with Gasteiger partial charge < -0.3 is 5.73 Å². The summed E-state index contributed by atoms with van der Waals surface area (Å²) < 4.78 is 0. The van der Waals surface area contributed by atoms with Gasteiger partial charge in [-0.15, -0.1) is 11.3 Å². The largest absolute Gasteiger partial charge is 0.366 e. The number of rotatable bonds is 3. The Morgan fingerprint density at radius 3 is 2.26 bits per heavy atom. The van der Waals surface area contributed by atoms with Crippen LogP contribution in [0.4, 0.5) is 5.00 Å². The number of carbonyl (C=O) groups is 3. The van der Waals surface area contributed by atoms with Crippen molar-refractivity contribution in [3.05, 3.63) is 16.5 Å². The molecule has 3 amide bonds. The number of nitrogens with two attached hydrogens (primary N) is 1. The SMILES string of the molecule is CC(C)c1cc(C(N)=O)c(N2C(=O)C3C4CCC(C4)C3C2=O)s1. The fourth-order valence-corrected chi connectivity index (χ4v) is 5.81. The maximum Gasteiger partial charge on any atom is 0.251 e. The first-order valence-corrected chi connectivity index (χ1v) is 9.03. The van der Waals surface area contributed by atoms with Crippen LogP contribution in [-0.2, 0) is 9.59 Å². The maximum atomic E-state index is 12.9. The Labute approximate surface area is 138 Å². The van der Waals surface area contributed by atoms with E-state index in [1.807, 2.05) is 13.8 Å². The van der Waals surface area contributed by atoms with Crippen molar-refractivity contribution in [1.29, 1.82) is 0 Å². The second kappa shape index (κ2) is 4.90. The minimum absolute atomic E-state index is 0.119. The predicted molar refractivity (Wildman–Crippen MR) is 87.2 cm³/mol. The van der Waals surface area contributed by atoms with E-state index in [0.29, 0.717) is 22.4 Å². The number of imide groups is 1. The molecule has 2 bridgehead atoms. The summed E-state index contributed by atoms with van der Waals surface area (Å²) in [7, 11) is 0. The van der Waals surface area contributed by atoms with Gasteiger partial charge in [0, 0.05) is 4.88 Å². The maximum absolute atomic E-state index is 12.9. The van der Waals surface area contributed by atoms with Crippen LogP contribution < -0.4 is 10.6 Å². The molecule has 0 aromatic carbocycles. The quantitative estimate of drug-likeness (QED) is 0.864. The molecule has 122 valence electrons. The molecule has 2 aliphatic carbocycles. The molecule has 23 heavy (non-hydrogen) atoms. The van der Waals surface area contributed by atoms with Crippen LogP contribution in [0.3, 0.4) is 0 Å². The molecular formula is C17H20N2O3S. The summed E-state index contributed by atoms with van der Waals surface area (Å²) in [5.74, 6) is -0.267. The first-order chi connectivity index (χ1) is 10.9. The Kier molecular flexibility index (Phi) is 3.17. The molecule has 3 aliphatic rings. The van der Waals surface area contributed by atoms with Crippen LogP contribution in [-0.4, -0.2) is 17.7 Å². The van der Waals surface area contributed by atoms with Crippen LogP contribution in [0.15, 0.2) is 6.07 Å². The number of fused-ring (bicyclic) bond motifs is 5. The summed E-state index contributed by atoms with van der Waals surface area (Å²) in [6.07, 6.45) is 3.09. The lowest BCUT2D eigenvalue weighted by Gasteiger charge is -2.19. The summed E-state index contributed by atoms with van der Waals surface area (Å²) in [4.78, 5) is 39.8. The second-order valence-corrected chi connectivity index (χ2v) is 8.35. The smallest absolute Gasteiger partial charge is 0.251 e. The highest BCUT2D eigenvalue weighted by Crippen LogP contribution is 2.57. The molecule has 5 nitrogen and oxygen atoms in total. The molecule has 1 aromatic heterocycles. The molecule has 4 atom stereocenters. The molecule has 0 spiro atoms. The highest BCUT2D eigenvalue weighted by molar-refractivity contribution is 7.17. The summed E-state index contributed by atoms with van der Waals surface area (Å²) in [5.41, 5.74) is 5.79. The molecule has 1 aliphatic heterocycles. The van der Waals surface area contributed by atoms with Gasteiger partial charge in [0.2, 0.25) is 11.8 Å². The van der Waals surface area contributed by atoms with Crippen molar-refractivity contribution in [2.24, 2.45) is 29.4 Å². The summed E-state index contributed by atoms with van der Waals surface area (Å²) in [6.45, 7) is 4.03. The van der Waals surface area contributed by atoms with Gasteiger partial charge in [0.25, 0.3) is 5.91 Å². The van der Waals surface area contributed by atoms with Crippen molar-refractivity contribution < 1.29 is 14.4 Å². The molecule has 2 N–H and O–H groups in total. The number of amides is 3. The molecule has 0 radical (unpaired) electrons. The topological polar surface area (TPSA) is 80.5 Å². The Bertz CT molecular complexity index is 695. The number of thiophene rings is 1. The summed E-state index contributed by atoms with van der Waals surface area (Å²) in [6, 6.07) is 1.73. The number of hydrogen-bond acceptors (Lipinski definition) is 4. The molecule has 3 fully saturated rings. The number of nitrogens with zero attached hydrogens (tertiary/aromatic N) is 1. The third kappa shape index (κ3) is 1.94. The molecule has 2 saturated carbocycles. The van der Waals surface area contributed by atoms with E-state index in [4.69, 9.17) is 5.73 Å². The van der Waals surface area contributed by atoms with Crippen LogP contribution in [0.2, 0.25) is 0 Å². The zero-order valence-electron chi connectivity index (χ0n) is 13.2. The number of anilines is 1. The highest BCUT2D eigenvalue weighted by Gasteiger charge is 2.61. The van der Waals surface area contributed by atoms with E-state index >= 15 is 0 Å². The molecule has 1 saturated heterocycles. The summed E-state index contributed by atoms with van der Waals surface area (Å²) in [5, 5.41) is 0.435. The van der Waals surface area contributed by atoms with E-state index in [-0.39, 0.29) is 29.6 Å². The van der Waals surface area contributed by atoms with Crippen molar-refractivity contribution >= 4 is 34.1 Å². The molecule has 2 heterocycles. The van der Waals surface area contributed by atoms with Crippen LogP contribution in [0, 0.1) is 23.7 Å². The lowest BCUT2D eigenvalue weighted by atomic mass is 9.81. The normalized spacial score (nSPS) is 32.2. The van der Waals surface area contributed by atoms with Gasteiger partial charge in [0.15, 0.2) is 0 Å². The Morgan fingerprint density at radius 1 is 1.22 bits per heavy atom. The van der Waals surface area contributed by atoms with Gasteiger partial charge in [0.1, 0.15) is 5.00 Å². The zero-order chi connectivity index (χ0) is 16.5. The predicted octanol–water partition coefficient (Wildman–Crippen LogP) is 2.51. The van der Waals surface area contributed by atoms with Gasteiger partial charge in [-0.25, -0.2) is 4.90 Å². The minimum Gasteiger partial charge on any atom is -0.366 e. The van der Waals surface area contributed by atoms with E-state index in [9.17, 15) is 14.4 Å². The van der Waals surface area contributed by atoms with Gasteiger partial charge in [-0.1, -0.05) is 13.8 Å². The van der Waals surface area contributed by atoms with E-state index in [1.54, 1.807) is 6.07 Å². The van der Waals surface area contributed by atoms with Gasteiger partial charge >= 0.3 is 0 Å². The van der Waals surface area contributed by atoms with Gasteiger partial charge in [0.05, 0.1) is 17.4 Å². The Hall–Kier alpha value is -1.69. The van der Waals surface area contributed by atoms with Crippen LogP contribution in [0.5, 0.6) is 0 Å². The number of carbonyl (C=O) groups excluding carboxylic acids is 3. The standard InChI is InChI=1S/C17H20N2O3S/c1-7(2)11-6-10(14(18)20)17(23-11)19-15(21)12-8-3-4-9(5-8)13(12)16(19)22/h6-9,12-13H,3-5H2,1-2H3,(H2,18,20). The fourth-order valence-electron chi connectivity index (χ4n) is 4.64. The molecule has 6 heteroatoms. The van der Waals surface area contributed by atoms with E-state index in [2.05, 4.69) is 0 Å². The number of hydrogen-bond donors (Lipinski definition) is 1. The Morgan fingerprint density at radius 2 is 1.78 bits per heavy atom. The van der Waals surface area contributed by atoms with Gasteiger partial charge in [-0.05, 0) is 43.1 Å². The van der Waals surface area contributed by atoms with Crippen LogP contribution >= 0.6 is 11.3 Å². The minimum atomic E-state index is -0.580. The Balaban J connectivity index is 1.78. The fraction of sp³-hybridized carbons (Fsp3) is 0.588.